The van der Waals surface area contributed by atoms with Crippen LogP contribution in [0.25, 0.3) is 11.3 Å². The van der Waals surface area contributed by atoms with Crippen LogP contribution in [-0.2, 0) is 13.0 Å². The number of carbonyl (C=O) groups is 1. The highest BCUT2D eigenvalue weighted by atomic mass is 16.2. The summed E-state index contributed by atoms with van der Waals surface area (Å²) in [6.45, 7) is 7.41. The molecule has 1 aliphatic carbocycles. The normalized spacial score (nSPS) is 19.7. The summed E-state index contributed by atoms with van der Waals surface area (Å²) < 4.78 is 0. The Hall–Kier alpha value is -2.87. The number of hydrogen-bond donors (Lipinski definition) is 2. The zero-order valence-corrected chi connectivity index (χ0v) is 20.5. The van der Waals surface area contributed by atoms with E-state index in [1.165, 1.54) is 36.0 Å². The molecule has 2 aliphatic heterocycles. The zero-order chi connectivity index (χ0) is 23.7. The van der Waals surface area contributed by atoms with Crippen LogP contribution < -0.4 is 16.0 Å². The number of rotatable bonds is 3. The fraction of sp³-hybridized carbons (Fsp3) is 0.577. The van der Waals surface area contributed by atoms with Gasteiger partial charge in [0.15, 0.2) is 0 Å². The van der Waals surface area contributed by atoms with Gasteiger partial charge in [-0.05, 0) is 56.0 Å². The summed E-state index contributed by atoms with van der Waals surface area (Å²) in [7, 11) is 2.15. The van der Waals surface area contributed by atoms with Gasteiger partial charge in [-0.1, -0.05) is 25.3 Å². The molecule has 0 spiro atoms. The molecule has 8 heteroatoms. The number of fused-ring (bicyclic) bond motifs is 1. The average molecular weight is 464 g/mol. The summed E-state index contributed by atoms with van der Waals surface area (Å²) in [5, 5.41) is 3.27. The van der Waals surface area contributed by atoms with Crippen LogP contribution in [0.1, 0.15) is 48.8 Å². The first-order valence-corrected chi connectivity index (χ1v) is 12.7. The third-order valence-electron chi connectivity index (χ3n) is 7.61. The number of urea groups is 1. The molecule has 2 amide bonds. The number of nitrogens with one attached hydrogen (secondary N) is 1. The topological polar surface area (TPSA) is 90.6 Å². The van der Waals surface area contributed by atoms with Gasteiger partial charge in [-0.15, -0.1) is 0 Å². The number of amides is 2. The van der Waals surface area contributed by atoms with Gasteiger partial charge in [0.25, 0.3) is 0 Å². The van der Waals surface area contributed by atoms with Crippen LogP contribution in [0.3, 0.4) is 0 Å². The number of carbonyl (C=O) groups excluding carboxylic acids is 1. The highest BCUT2D eigenvalue weighted by molar-refractivity contribution is 5.75. The van der Waals surface area contributed by atoms with E-state index in [-0.39, 0.29) is 6.03 Å². The van der Waals surface area contributed by atoms with Crippen LogP contribution >= 0.6 is 0 Å². The first kappa shape index (κ1) is 22.9. The van der Waals surface area contributed by atoms with Crippen LogP contribution in [0.15, 0.2) is 18.2 Å². The van der Waals surface area contributed by atoms with Crippen molar-refractivity contribution in [3.8, 4) is 11.3 Å². The Labute approximate surface area is 202 Å². The lowest BCUT2D eigenvalue weighted by Gasteiger charge is -2.33. The maximum Gasteiger partial charge on any atom is 0.317 e. The molecule has 5 rings (SSSR count). The summed E-state index contributed by atoms with van der Waals surface area (Å²) in [5.74, 6) is 1.19. The summed E-state index contributed by atoms with van der Waals surface area (Å²) in [4.78, 5) is 28.6. The second-order valence-corrected chi connectivity index (χ2v) is 10.2. The molecule has 1 aromatic carbocycles. The van der Waals surface area contributed by atoms with E-state index in [0.717, 1.165) is 69.1 Å². The monoisotopic (exact) mass is 463 g/mol. The summed E-state index contributed by atoms with van der Waals surface area (Å²) in [6, 6.07) is 6.93. The Morgan fingerprint density at radius 1 is 1.00 bits per heavy atom. The molecule has 3 aliphatic rings. The van der Waals surface area contributed by atoms with Crippen LogP contribution in [0.2, 0.25) is 0 Å². The van der Waals surface area contributed by atoms with Gasteiger partial charge < -0.3 is 25.8 Å². The van der Waals surface area contributed by atoms with Crippen molar-refractivity contribution in [1.82, 2.24) is 25.1 Å². The van der Waals surface area contributed by atoms with Crippen LogP contribution in [-0.4, -0.2) is 71.6 Å². The predicted octanol–water partition coefficient (Wildman–Crippen LogP) is 3.19. The first-order valence-electron chi connectivity index (χ1n) is 12.7. The summed E-state index contributed by atoms with van der Waals surface area (Å²) in [6.07, 6.45) is 6.81. The van der Waals surface area contributed by atoms with Gasteiger partial charge in [-0.2, -0.15) is 4.98 Å². The zero-order valence-electron chi connectivity index (χ0n) is 20.5. The molecule has 3 heterocycles. The minimum absolute atomic E-state index is 0.0725. The lowest BCUT2D eigenvalue weighted by Crippen LogP contribution is -2.47. The molecule has 1 aromatic heterocycles. The number of nitrogens with two attached hydrogens (primary N) is 1. The predicted molar refractivity (Wildman–Crippen MR) is 136 cm³/mol. The molecule has 0 unspecified atom stereocenters. The molecule has 182 valence electrons. The largest absolute Gasteiger partial charge is 0.368 e. The van der Waals surface area contributed by atoms with Gasteiger partial charge in [0, 0.05) is 56.9 Å². The van der Waals surface area contributed by atoms with Gasteiger partial charge >= 0.3 is 6.03 Å². The molecule has 3 N–H and O–H groups in total. The maximum absolute atomic E-state index is 13.0. The molecule has 0 bridgehead atoms. The fourth-order valence-corrected chi connectivity index (χ4v) is 5.48. The lowest BCUT2D eigenvalue weighted by molar-refractivity contribution is 0.184. The number of aromatic nitrogens is 2. The molecule has 1 saturated heterocycles. The Morgan fingerprint density at radius 2 is 1.76 bits per heavy atom. The van der Waals surface area contributed by atoms with Gasteiger partial charge in [0.2, 0.25) is 5.95 Å². The molecule has 2 aromatic rings. The number of anilines is 2. The Bertz CT molecular complexity index is 1040. The van der Waals surface area contributed by atoms with Crippen LogP contribution in [0.5, 0.6) is 0 Å². The van der Waals surface area contributed by atoms with E-state index in [9.17, 15) is 4.79 Å². The number of piperazine rings is 1. The number of likely N-dealkylation sites (N-methyl/N-ethyl adjacent to an activating group) is 1. The molecule has 0 radical (unpaired) electrons. The second-order valence-electron chi connectivity index (χ2n) is 10.2. The van der Waals surface area contributed by atoms with Crippen LogP contribution in [0, 0.1) is 6.92 Å². The molecule has 0 atom stereocenters. The second kappa shape index (κ2) is 9.78. The van der Waals surface area contributed by atoms with Gasteiger partial charge in [-0.3, -0.25) is 0 Å². The van der Waals surface area contributed by atoms with Crippen molar-refractivity contribution >= 4 is 17.8 Å². The molecular weight excluding hydrogens is 426 g/mol. The van der Waals surface area contributed by atoms with Crippen molar-refractivity contribution < 1.29 is 4.79 Å². The molecule has 1 saturated carbocycles. The minimum atomic E-state index is 0.0725. The van der Waals surface area contributed by atoms with E-state index in [2.05, 4.69) is 57.3 Å². The van der Waals surface area contributed by atoms with E-state index < -0.39 is 0 Å². The highest BCUT2D eigenvalue weighted by Crippen LogP contribution is 2.31. The number of hydrogen-bond acceptors (Lipinski definition) is 6. The fourth-order valence-electron chi connectivity index (χ4n) is 5.48. The van der Waals surface area contributed by atoms with E-state index in [4.69, 9.17) is 5.73 Å². The van der Waals surface area contributed by atoms with E-state index in [0.29, 0.717) is 18.5 Å². The minimum Gasteiger partial charge on any atom is -0.368 e. The lowest BCUT2D eigenvalue weighted by atomic mass is 9.92. The summed E-state index contributed by atoms with van der Waals surface area (Å²) in [5.41, 5.74) is 11.8. The van der Waals surface area contributed by atoms with Gasteiger partial charge in [-0.25, -0.2) is 9.78 Å². The quantitative estimate of drug-likeness (QED) is 0.727. The summed E-state index contributed by atoms with van der Waals surface area (Å²) >= 11 is 0. The van der Waals surface area contributed by atoms with E-state index in [1.54, 1.807) is 0 Å². The van der Waals surface area contributed by atoms with Gasteiger partial charge in [0.1, 0.15) is 5.82 Å². The van der Waals surface area contributed by atoms with Gasteiger partial charge in [0.05, 0.1) is 5.69 Å². The van der Waals surface area contributed by atoms with E-state index >= 15 is 0 Å². The molecule has 2 fully saturated rings. The smallest absolute Gasteiger partial charge is 0.317 e. The van der Waals surface area contributed by atoms with Crippen molar-refractivity contribution in [1.29, 1.82) is 0 Å². The maximum atomic E-state index is 13.0. The Balaban J connectivity index is 1.36. The highest BCUT2D eigenvalue weighted by Gasteiger charge is 2.25. The third-order valence-corrected chi connectivity index (χ3v) is 7.61. The number of nitrogens with zero attached hydrogens (tertiary/aromatic N) is 5. The van der Waals surface area contributed by atoms with Crippen molar-refractivity contribution in [2.75, 3.05) is 50.4 Å². The Kier molecular flexibility index (Phi) is 6.59. The number of benzene rings is 1. The molecule has 34 heavy (non-hydrogen) atoms. The van der Waals surface area contributed by atoms with Crippen molar-refractivity contribution in [2.45, 2.75) is 58.0 Å². The number of aryl methyl sites for hydroxylation is 1. The Morgan fingerprint density at radius 3 is 2.53 bits per heavy atom. The number of nitrogen functional groups attached to an aromatic ring is 1. The van der Waals surface area contributed by atoms with E-state index in [1.807, 2.05) is 4.90 Å². The van der Waals surface area contributed by atoms with Crippen LogP contribution in [0.4, 0.5) is 16.6 Å². The van der Waals surface area contributed by atoms with Crippen molar-refractivity contribution in [3.05, 3.63) is 34.9 Å². The molecule has 8 nitrogen and oxygen atoms in total. The first-order chi connectivity index (χ1) is 16.5. The van der Waals surface area contributed by atoms with Crippen molar-refractivity contribution in [2.24, 2.45) is 0 Å². The SMILES string of the molecule is Cc1cc2c(cc1-c1cc(N3CCN(C)CC3)nc(N)n1)CN(C(=O)NC1CCCCC1)CC2. The van der Waals surface area contributed by atoms with Crippen molar-refractivity contribution in [3.63, 3.8) is 0 Å². The average Bonchev–Trinajstić information content (AvgIpc) is 2.84. The third kappa shape index (κ3) is 4.97. The molecular formula is C26H37N7O. The standard InChI is InChI=1S/C26H37N7O/c1-18-14-19-8-9-33(26(34)28-21-6-4-3-5-7-21)17-20(19)15-22(18)23-16-24(30-25(27)29-23)32-12-10-31(2)11-13-32/h14-16,21H,3-13,17H2,1-2H3,(H,28,34)(H2,27,29,30).